The summed E-state index contributed by atoms with van der Waals surface area (Å²) >= 11 is 6.14. The topological polar surface area (TPSA) is 62.2 Å². The maximum Gasteiger partial charge on any atom is 0.336 e. The van der Waals surface area contributed by atoms with Gasteiger partial charge in [0.15, 0.2) is 0 Å². The molecule has 1 saturated heterocycles. The molecule has 1 aliphatic heterocycles. The van der Waals surface area contributed by atoms with Gasteiger partial charge < -0.3 is 10.4 Å². The molecule has 19 heavy (non-hydrogen) atoms. The van der Waals surface area contributed by atoms with Gasteiger partial charge in [0.05, 0.1) is 21.8 Å². The van der Waals surface area contributed by atoms with E-state index < -0.39 is 5.97 Å². The third-order valence-electron chi connectivity index (χ3n) is 3.46. The van der Waals surface area contributed by atoms with E-state index in [4.69, 9.17) is 11.6 Å². The van der Waals surface area contributed by atoms with Crippen molar-refractivity contribution in [1.82, 2.24) is 10.3 Å². The first-order valence-corrected chi connectivity index (χ1v) is 6.60. The van der Waals surface area contributed by atoms with Crippen LogP contribution in [0.5, 0.6) is 0 Å². The van der Waals surface area contributed by atoms with Crippen LogP contribution in [0.25, 0.3) is 10.9 Å². The minimum Gasteiger partial charge on any atom is -0.478 e. The summed E-state index contributed by atoms with van der Waals surface area (Å²) in [7, 11) is 0. The third kappa shape index (κ3) is 2.17. The van der Waals surface area contributed by atoms with E-state index in [2.05, 4.69) is 10.3 Å². The fourth-order valence-corrected chi connectivity index (χ4v) is 2.74. The highest BCUT2D eigenvalue weighted by Crippen LogP contribution is 2.29. The number of hydrogen-bond acceptors (Lipinski definition) is 3. The van der Waals surface area contributed by atoms with Crippen molar-refractivity contribution >= 4 is 28.5 Å². The molecule has 0 aliphatic carbocycles. The lowest BCUT2D eigenvalue weighted by molar-refractivity contribution is 0.0699. The molecule has 0 bridgehead atoms. The first-order valence-electron chi connectivity index (χ1n) is 6.22. The van der Waals surface area contributed by atoms with Crippen LogP contribution in [0.3, 0.4) is 0 Å². The Hall–Kier alpha value is -1.65. The van der Waals surface area contributed by atoms with Gasteiger partial charge in [-0.3, -0.25) is 0 Å². The molecule has 1 fully saturated rings. The lowest BCUT2D eigenvalue weighted by Gasteiger charge is -2.13. The summed E-state index contributed by atoms with van der Waals surface area (Å²) in [5.41, 5.74) is 1.58. The molecular formula is C14H13ClN2O2. The van der Waals surface area contributed by atoms with Crippen molar-refractivity contribution in [2.24, 2.45) is 0 Å². The standard InChI is InChI=1S/C14H13ClN2O2/c15-10-4-1-3-8-9(14(18)19)7-12(17-13(8)10)11-5-2-6-16-11/h1,3-4,7,11,16H,2,5-6H2,(H,18,19). The Bertz CT molecular complexity index is 651. The van der Waals surface area contributed by atoms with Crippen LogP contribution in [0.4, 0.5) is 0 Å². The fraction of sp³-hybridized carbons (Fsp3) is 0.286. The van der Waals surface area contributed by atoms with E-state index in [9.17, 15) is 9.90 Å². The van der Waals surface area contributed by atoms with E-state index in [0.717, 1.165) is 25.1 Å². The lowest BCUT2D eigenvalue weighted by Crippen LogP contribution is -2.15. The summed E-state index contributed by atoms with van der Waals surface area (Å²) in [6.07, 6.45) is 2.05. The molecule has 1 aliphatic rings. The number of carboxylic acid groups (broad SMARTS) is 1. The second kappa shape index (κ2) is 4.79. The van der Waals surface area contributed by atoms with E-state index in [1.54, 1.807) is 24.3 Å². The molecule has 0 radical (unpaired) electrons. The number of hydrogen-bond donors (Lipinski definition) is 2. The number of carbonyl (C=O) groups is 1. The largest absolute Gasteiger partial charge is 0.478 e. The van der Waals surface area contributed by atoms with Crippen LogP contribution >= 0.6 is 11.6 Å². The quantitative estimate of drug-likeness (QED) is 0.885. The Balaban J connectivity index is 2.25. The number of fused-ring (bicyclic) bond motifs is 1. The van der Waals surface area contributed by atoms with Gasteiger partial charge in [-0.15, -0.1) is 0 Å². The van der Waals surface area contributed by atoms with Gasteiger partial charge in [-0.2, -0.15) is 0 Å². The molecule has 0 saturated carbocycles. The van der Waals surface area contributed by atoms with E-state index in [1.165, 1.54) is 0 Å². The van der Waals surface area contributed by atoms with Crippen molar-refractivity contribution in [3.63, 3.8) is 0 Å². The van der Waals surface area contributed by atoms with Crippen molar-refractivity contribution in [2.45, 2.75) is 18.9 Å². The van der Waals surface area contributed by atoms with Gasteiger partial charge >= 0.3 is 5.97 Å². The van der Waals surface area contributed by atoms with Crippen molar-refractivity contribution in [1.29, 1.82) is 0 Å². The zero-order valence-corrected chi connectivity index (χ0v) is 10.9. The molecule has 2 N–H and O–H groups in total. The highest BCUT2D eigenvalue weighted by Gasteiger charge is 2.21. The van der Waals surface area contributed by atoms with Crippen LogP contribution in [0.1, 0.15) is 34.9 Å². The van der Waals surface area contributed by atoms with E-state index in [0.29, 0.717) is 15.9 Å². The first kappa shape index (κ1) is 12.4. The van der Waals surface area contributed by atoms with Crippen LogP contribution in [-0.2, 0) is 0 Å². The van der Waals surface area contributed by atoms with Gasteiger partial charge in [0.1, 0.15) is 0 Å². The predicted octanol–water partition coefficient (Wildman–Crippen LogP) is 3.01. The van der Waals surface area contributed by atoms with Gasteiger partial charge in [-0.1, -0.05) is 23.7 Å². The molecule has 4 nitrogen and oxygen atoms in total. The molecule has 1 unspecified atom stereocenters. The predicted molar refractivity (Wildman–Crippen MR) is 73.7 cm³/mol. The summed E-state index contributed by atoms with van der Waals surface area (Å²) in [5.74, 6) is -0.950. The monoisotopic (exact) mass is 276 g/mol. The number of aromatic nitrogens is 1. The van der Waals surface area contributed by atoms with Crippen LogP contribution in [-0.4, -0.2) is 22.6 Å². The minimum absolute atomic E-state index is 0.124. The third-order valence-corrected chi connectivity index (χ3v) is 3.76. The Morgan fingerprint density at radius 1 is 1.47 bits per heavy atom. The Morgan fingerprint density at radius 2 is 2.32 bits per heavy atom. The number of nitrogens with zero attached hydrogens (tertiary/aromatic N) is 1. The molecule has 2 heterocycles. The highest BCUT2D eigenvalue weighted by atomic mass is 35.5. The SMILES string of the molecule is O=C(O)c1cc(C2CCCN2)nc2c(Cl)cccc12. The second-order valence-corrected chi connectivity index (χ2v) is 5.09. The van der Waals surface area contributed by atoms with Crippen molar-refractivity contribution in [3.05, 3.63) is 40.5 Å². The van der Waals surface area contributed by atoms with Crippen molar-refractivity contribution < 1.29 is 9.90 Å². The summed E-state index contributed by atoms with van der Waals surface area (Å²) in [4.78, 5) is 15.9. The molecule has 2 aromatic rings. The number of halogens is 1. The van der Waals surface area contributed by atoms with Gasteiger partial charge in [-0.25, -0.2) is 9.78 Å². The second-order valence-electron chi connectivity index (χ2n) is 4.68. The molecule has 0 amide bonds. The number of rotatable bonds is 2. The number of aromatic carboxylic acids is 1. The van der Waals surface area contributed by atoms with Crippen LogP contribution in [0, 0.1) is 0 Å². The Kier molecular flexibility index (Phi) is 3.12. The first-order chi connectivity index (χ1) is 9.16. The number of benzene rings is 1. The fourth-order valence-electron chi connectivity index (χ4n) is 2.53. The highest BCUT2D eigenvalue weighted by molar-refractivity contribution is 6.35. The molecule has 1 aromatic carbocycles. The van der Waals surface area contributed by atoms with Crippen molar-refractivity contribution in [2.75, 3.05) is 6.54 Å². The van der Waals surface area contributed by atoms with Crippen LogP contribution in [0.2, 0.25) is 5.02 Å². The maximum atomic E-state index is 11.4. The van der Waals surface area contributed by atoms with Gasteiger partial charge in [0.25, 0.3) is 0 Å². The zero-order valence-electron chi connectivity index (χ0n) is 10.2. The maximum absolute atomic E-state index is 11.4. The molecular weight excluding hydrogens is 264 g/mol. The van der Waals surface area contributed by atoms with Crippen molar-refractivity contribution in [3.8, 4) is 0 Å². The molecule has 1 aromatic heterocycles. The number of nitrogens with one attached hydrogen (secondary N) is 1. The Morgan fingerprint density at radius 3 is 3.00 bits per heavy atom. The molecule has 0 spiro atoms. The smallest absolute Gasteiger partial charge is 0.336 e. The number of pyridine rings is 1. The molecule has 3 rings (SSSR count). The molecule has 1 atom stereocenters. The minimum atomic E-state index is -0.950. The lowest BCUT2D eigenvalue weighted by atomic mass is 10.0. The number of para-hydroxylation sites is 1. The van der Waals surface area contributed by atoms with Gasteiger partial charge in [0.2, 0.25) is 0 Å². The zero-order chi connectivity index (χ0) is 13.4. The van der Waals surface area contributed by atoms with E-state index in [-0.39, 0.29) is 11.6 Å². The Labute approximate surface area is 115 Å². The summed E-state index contributed by atoms with van der Waals surface area (Å²) in [6.45, 7) is 0.940. The molecule has 5 heteroatoms. The van der Waals surface area contributed by atoms with E-state index >= 15 is 0 Å². The van der Waals surface area contributed by atoms with Gasteiger partial charge in [-0.05, 0) is 31.5 Å². The molecule has 98 valence electrons. The van der Waals surface area contributed by atoms with Crippen LogP contribution < -0.4 is 5.32 Å². The average molecular weight is 277 g/mol. The van der Waals surface area contributed by atoms with E-state index in [1.807, 2.05) is 0 Å². The summed E-state index contributed by atoms with van der Waals surface area (Å²) in [5, 5.41) is 13.7. The van der Waals surface area contributed by atoms with Crippen LogP contribution in [0.15, 0.2) is 24.3 Å². The summed E-state index contributed by atoms with van der Waals surface area (Å²) < 4.78 is 0. The normalized spacial score (nSPS) is 18.9. The van der Waals surface area contributed by atoms with Gasteiger partial charge in [0, 0.05) is 11.4 Å². The number of carboxylic acids is 1. The average Bonchev–Trinajstić information content (AvgIpc) is 2.92. The summed E-state index contributed by atoms with van der Waals surface area (Å²) in [6, 6.07) is 6.99.